The molecule has 28 heavy (non-hydrogen) atoms. The number of carbonyl (C=O) groups is 2. The molecule has 2 aliphatic rings. The molecule has 3 atom stereocenters. The molecule has 1 aromatic carbocycles. The summed E-state index contributed by atoms with van der Waals surface area (Å²) in [6.07, 6.45) is -1.46. The zero-order valence-electron chi connectivity index (χ0n) is 14.5. The van der Waals surface area contributed by atoms with E-state index < -0.39 is 12.1 Å². The predicted molar refractivity (Wildman–Crippen MR) is 98.0 cm³/mol. The van der Waals surface area contributed by atoms with E-state index >= 15 is 0 Å². The van der Waals surface area contributed by atoms with E-state index in [0.717, 1.165) is 30.7 Å². The van der Waals surface area contributed by atoms with Gasteiger partial charge in [0.1, 0.15) is 0 Å². The number of nitrogens with zero attached hydrogens (tertiary/aromatic N) is 1. The van der Waals surface area contributed by atoms with Crippen molar-refractivity contribution in [2.45, 2.75) is 31.1 Å². The van der Waals surface area contributed by atoms with Crippen LogP contribution in [0.4, 0.5) is 18.9 Å². The Morgan fingerprint density at radius 1 is 1.25 bits per heavy atom. The monoisotopic (exact) mass is 410 g/mol. The number of amides is 2. The molecule has 148 valence electrons. The predicted octanol–water partition coefficient (Wildman–Crippen LogP) is 2.79. The molecule has 2 amide bonds. The van der Waals surface area contributed by atoms with Crippen LogP contribution < -0.4 is 16.0 Å². The van der Waals surface area contributed by atoms with Crippen LogP contribution >= 0.6 is 11.3 Å². The number of piperidine rings is 1. The SMILES string of the molecule is O=C(NC1CC2CC1CN2)c1ncc(-c2cccc(NC(=O)C(F)(F)F)c2)s1. The van der Waals surface area contributed by atoms with Crippen molar-refractivity contribution in [3.05, 3.63) is 35.5 Å². The Bertz CT molecular complexity index is 914. The topological polar surface area (TPSA) is 83.1 Å². The van der Waals surface area contributed by atoms with Crippen molar-refractivity contribution >= 4 is 28.8 Å². The van der Waals surface area contributed by atoms with Crippen LogP contribution in [-0.4, -0.2) is 41.6 Å². The van der Waals surface area contributed by atoms with Gasteiger partial charge in [0.15, 0.2) is 5.01 Å². The van der Waals surface area contributed by atoms with Crippen molar-refractivity contribution in [2.75, 3.05) is 11.9 Å². The summed E-state index contributed by atoms with van der Waals surface area (Å²) in [5, 5.41) is 8.54. The fourth-order valence-corrected chi connectivity index (χ4v) is 4.52. The fourth-order valence-electron chi connectivity index (χ4n) is 3.71. The minimum absolute atomic E-state index is 0.0220. The first-order chi connectivity index (χ1) is 13.3. The Hall–Kier alpha value is -2.46. The number of rotatable bonds is 4. The molecule has 2 bridgehead atoms. The molecule has 1 saturated heterocycles. The van der Waals surface area contributed by atoms with E-state index in [1.807, 2.05) is 5.32 Å². The number of hydrogen-bond donors (Lipinski definition) is 3. The second-order valence-electron chi connectivity index (χ2n) is 6.98. The molecule has 6 nitrogen and oxygen atoms in total. The van der Waals surface area contributed by atoms with Gasteiger partial charge in [-0.2, -0.15) is 13.2 Å². The summed E-state index contributed by atoms with van der Waals surface area (Å²) in [6, 6.07) is 6.61. The van der Waals surface area contributed by atoms with Gasteiger partial charge >= 0.3 is 12.1 Å². The minimum Gasteiger partial charge on any atom is -0.347 e. The molecule has 2 heterocycles. The number of aromatic nitrogens is 1. The largest absolute Gasteiger partial charge is 0.471 e. The molecule has 1 aliphatic heterocycles. The zero-order chi connectivity index (χ0) is 19.9. The van der Waals surface area contributed by atoms with Crippen molar-refractivity contribution in [3.63, 3.8) is 0 Å². The summed E-state index contributed by atoms with van der Waals surface area (Å²) in [6.45, 7) is 0.912. The lowest BCUT2D eigenvalue weighted by molar-refractivity contribution is -0.167. The lowest BCUT2D eigenvalue weighted by atomic mass is 10.0. The molecule has 2 fully saturated rings. The summed E-state index contributed by atoms with van der Waals surface area (Å²) < 4.78 is 37.2. The molecule has 2 aromatic rings. The number of thiazole rings is 1. The van der Waals surface area contributed by atoms with Gasteiger partial charge in [0, 0.05) is 30.5 Å². The maximum Gasteiger partial charge on any atom is 0.471 e. The molecule has 3 unspecified atom stereocenters. The standard InChI is InChI=1S/C18H17F3N4O2S/c19-18(20,21)17(27)24-11-3-1-2-9(4-11)14-8-23-16(28-14)15(26)25-13-6-12-5-10(13)7-22-12/h1-4,8,10,12-13,22H,5-7H2,(H,24,27)(H,25,26). The highest BCUT2D eigenvalue weighted by atomic mass is 32.1. The van der Waals surface area contributed by atoms with E-state index in [1.54, 1.807) is 6.07 Å². The highest BCUT2D eigenvalue weighted by Gasteiger charge is 2.40. The van der Waals surface area contributed by atoms with Gasteiger partial charge in [-0.3, -0.25) is 9.59 Å². The van der Waals surface area contributed by atoms with Gasteiger partial charge in [-0.15, -0.1) is 11.3 Å². The molecule has 0 spiro atoms. The molecule has 10 heteroatoms. The first-order valence-electron chi connectivity index (χ1n) is 8.78. The normalized spacial score (nSPS) is 23.6. The third kappa shape index (κ3) is 3.88. The van der Waals surface area contributed by atoms with E-state index in [1.165, 1.54) is 24.4 Å². The lowest BCUT2D eigenvalue weighted by Crippen LogP contribution is -2.44. The number of nitrogens with one attached hydrogen (secondary N) is 3. The summed E-state index contributed by atoms with van der Waals surface area (Å²) >= 11 is 1.16. The number of benzene rings is 1. The minimum atomic E-state index is -4.96. The third-order valence-corrected chi connectivity index (χ3v) is 6.09. The van der Waals surface area contributed by atoms with E-state index in [-0.39, 0.29) is 17.6 Å². The smallest absolute Gasteiger partial charge is 0.347 e. The third-order valence-electron chi connectivity index (χ3n) is 5.04. The Morgan fingerprint density at radius 2 is 2.07 bits per heavy atom. The maximum absolute atomic E-state index is 12.5. The van der Waals surface area contributed by atoms with Crippen LogP contribution in [0, 0.1) is 5.92 Å². The number of fused-ring (bicyclic) bond motifs is 2. The number of hydrogen-bond acceptors (Lipinski definition) is 5. The summed E-state index contributed by atoms with van der Waals surface area (Å²) in [5.74, 6) is -1.83. The van der Waals surface area contributed by atoms with Crippen LogP contribution in [0.5, 0.6) is 0 Å². The van der Waals surface area contributed by atoms with E-state index in [2.05, 4.69) is 15.6 Å². The van der Waals surface area contributed by atoms with E-state index in [9.17, 15) is 22.8 Å². The maximum atomic E-state index is 12.5. The van der Waals surface area contributed by atoms with Crippen LogP contribution in [-0.2, 0) is 4.79 Å². The van der Waals surface area contributed by atoms with Crippen LogP contribution in [0.1, 0.15) is 22.6 Å². The fraction of sp³-hybridized carbons (Fsp3) is 0.389. The summed E-state index contributed by atoms with van der Waals surface area (Å²) in [4.78, 5) is 28.3. The molecule has 4 rings (SSSR count). The first-order valence-corrected chi connectivity index (χ1v) is 9.60. The number of alkyl halides is 3. The van der Waals surface area contributed by atoms with Crippen molar-refractivity contribution in [1.82, 2.24) is 15.6 Å². The van der Waals surface area contributed by atoms with Gasteiger partial charge in [-0.25, -0.2) is 4.98 Å². The summed E-state index contributed by atoms with van der Waals surface area (Å²) in [7, 11) is 0. The Morgan fingerprint density at radius 3 is 2.75 bits per heavy atom. The average Bonchev–Trinajstić information content (AvgIpc) is 3.38. The average molecular weight is 410 g/mol. The Kier molecular flexibility index (Phi) is 4.84. The van der Waals surface area contributed by atoms with Crippen LogP contribution in [0.2, 0.25) is 0 Å². The molecule has 1 saturated carbocycles. The van der Waals surface area contributed by atoms with E-state index in [0.29, 0.717) is 27.4 Å². The van der Waals surface area contributed by atoms with Gasteiger partial charge in [-0.1, -0.05) is 12.1 Å². The molecular formula is C18H17F3N4O2S. The number of carbonyl (C=O) groups excluding carboxylic acids is 2. The molecule has 0 radical (unpaired) electrons. The quantitative estimate of drug-likeness (QED) is 0.724. The van der Waals surface area contributed by atoms with Crippen molar-refractivity contribution < 1.29 is 22.8 Å². The van der Waals surface area contributed by atoms with Gasteiger partial charge in [0.2, 0.25) is 0 Å². The second-order valence-corrected chi connectivity index (χ2v) is 8.01. The van der Waals surface area contributed by atoms with Crippen LogP contribution in [0.15, 0.2) is 30.5 Å². The number of anilines is 1. The van der Waals surface area contributed by atoms with Crippen LogP contribution in [0.25, 0.3) is 10.4 Å². The van der Waals surface area contributed by atoms with Crippen LogP contribution in [0.3, 0.4) is 0 Å². The zero-order valence-corrected chi connectivity index (χ0v) is 15.4. The van der Waals surface area contributed by atoms with Crippen molar-refractivity contribution in [1.29, 1.82) is 0 Å². The first kappa shape index (κ1) is 18.9. The highest BCUT2D eigenvalue weighted by molar-refractivity contribution is 7.17. The lowest BCUT2D eigenvalue weighted by Gasteiger charge is -2.22. The molecule has 1 aliphatic carbocycles. The number of halogens is 3. The van der Waals surface area contributed by atoms with E-state index in [4.69, 9.17) is 0 Å². The highest BCUT2D eigenvalue weighted by Crippen LogP contribution is 2.32. The van der Waals surface area contributed by atoms with Crippen molar-refractivity contribution in [2.24, 2.45) is 5.92 Å². The van der Waals surface area contributed by atoms with Gasteiger partial charge < -0.3 is 16.0 Å². The molecular weight excluding hydrogens is 393 g/mol. The van der Waals surface area contributed by atoms with Gasteiger partial charge in [0.05, 0.1) is 4.88 Å². The Labute approximate surface area is 162 Å². The summed E-state index contributed by atoms with van der Waals surface area (Å²) in [5.41, 5.74) is 0.592. The Balaban J connectivity index is 1.44. The van der Waals surface area contributed by atoms with Crippen molar-refractivity contribution in [3.8, 4) is 10.4 Å². The van der Waals surface area contributed by atoms with Gasteiger partial charge in [-0.05, 0) is 36.5 Å². The van der Waals surface area contributed by atoms with Gasteiger partial charge in [0.25, 0.3) is 5.91 Å². The molecule has 1 aromatic heterocycles. The molecule has 3 N–H and O–H groups in total. The second kappa shape index (κ2) is 7.17.